The van der Waals surface area contributed by atoms with Gasteiger partial charge in [0, 0.05) is 12.1 Å². The van der Waals surface area contributed by atoms with Crippen molar-refractivity contribution in [3.05, 3.63) is 24.2 Å². The maximum absolute atomic E-state index is 4.96. The van der Waals surface area contributed by atoms with Crippen LogP contribution in [0.3, 0.4) is 0 Å². The van der Waals surface area contributed by atoms with E-state index in [9.17, 15) is 0 Å². The van der Waals surface area contributed by atoms with E-state index in [1.54, 1.807) is 0 Å². The maximum Gasteiger partial charge on any atom is 0.161 e. The van der Waals surface area contributed by atoms with Crippen LogP contribution < -0.4 is 5.32 Å². The number of nitrogens with one attached hydrogen (secondary N) is 1. The van der Waals surface area contributed by atoms with Gasteiger partial charge >= 0.3 is 0 Å². The van der Waals surface area contributed by atoms with E-state index in [1.165, 1.54) is 38.1 Å². The molecule has 0 bridgehead atoms. The monoisotopic (exact) mass is 285 g/mol. The second-order valence-corrected chi connectivity index (χ2v) is 6.31. The summed E-state index contributed by atoms with van der Waals surface area (Å²) < 4.78 is 2.43. The van der Waals surface area contributed by atoms with Crippen LogP contribution in [0.5, 0.6) is 0 Å². The molecule has 2 aliphatic heterocycles. The largest absolute Gasteiger partial charge is 0.317 e. The molecule has 2 saturated heterocycles. The van der Waals surface area contributed by atoms with Gasteiger partial charge in [-0.05, 0) is 64.5 Å². The minimum atomic E-state index is 0.426. The SMILES string of the molecule is CN1CCCC1n1c(C2CCNCC2)nc2cccnc21. The van der Waals surface area contributed by atoms with Crippen LogP contribution in [0.2, 0.25) is 0 Å². The van der Waals surface area contributed by atoms with Gasteiger partial charge in [-0.3, -0.25) is 9.47 Å². The smallest absolute Gasteiger partial charge is 0.161 e. The summed E-state index contributed by atoms with van der Waals surface area (Å²) in [6.45, 7) is 3.37. The van der Waals surface area contributed by atoms with Crippen LogP contribution in [0, 0.1) is 0 Å². The standard InChI is InChI=1S/C16H23N5/c1-20-11-3-5-14(20)21-15(12-6-9-17-10-7-12)19-13-4-2-8-18-16(13)21/h2,4,8,12,14,17H,3,5-7,9-11H2,1H3. The zero-order valence-electron chi connectivity index (χ0n) is 12.6. The molecular weight excluding hydrogens is 262 g/mol. The summed E-state index contributed by atoms with van der Waals surface area (Å²) in [6, 6.07) is 4.09. The number of nitrogens with zero attached hydrogens (tertiary/aromatic N) is 4. The predicted octanol–water partition coefficient (Wildman–Crippen LogP) is 2.12. The summed E-state index contributed by atoms with van der Waals surface area (Å²) in [7, 11) is 2.22. The average molecular weight is 285 g/mol. The first-order valence-corrected chi connectivity index (χ1v) is 8.08. The van der Waals surface area contributed by atoms with E-state index in [1.807, 2.05) is 12.3 Å². The van der Waals surface area contributed by atoms with E-state index in [0.29, 0.717) is 12.1 Å². The van der Waals surface area contributed by atoms with E-state index in [-0.39, 0.29) is 0 Å². The Balaban J connectivity index is 1.84. The number of hydrogen-bond donors (Lipinski definition) is 1. The molecule has 0 spiro atoms. The van der Waals surface area contributed by atoms with Gasteiger partial charge in [-0.15, -0.1) is 0 Å². The van der Waals surface area contributed by atoms with Gasteiger partial charge in [-0.25, -0.2) is 9.97 Å². The lowest BCUT2D eigenvalue weighted by Gasteiger charge is -2.28. The first-order chi connectivity index (χ1) is 10.3. The highest BCUT2D eigenvalue weighted by molar-refractivity contribution is 5.71. The molecule has 2 aromatic rings. The van der Waals surface area contributed by atoms with E-state index < -0.39 is 0 Å². The number of imidazole rings is 1. The molecule has 1 unspecified atom stereocenters. The van der Waals surface area contributed by atoms with Gasteiger partial charge in [0.2, 0.25) is 0 Å². The van der Waals surface area contributed by atoms with Gasteiger partial charge in [-0.2, -0.15) is 0 Å². The van der Waals surface area contributed by atoms with Gasteiger partial charge < -0.3 is 5.32 Å². The Labute approximate surface area is 125 Å². The third-order valence-electron chi connectivity index (χ3n) is 4.96. The molecule has 5 heteroatoms. The molecule has 0 aromatic carbocycles. The van der Waals surface area contributed by atoms with Crippen LogP contribution in [0.25, 0.3) is 11.2 Å². The van der Waals surface area contributed by atoms with E-state index in [4.69, 9.17) is 4.98 Å². The van der Waals surface area contributed by atoms with E-state index in [0.717, 1.165) is 24.3 Å². The Morgan fingerprint density at radius 2 is 2.10 bits per heavy atom. The third-order valence-corrected chi connectivity index (χ3v) is 4.96. The predicted molar refractivity (Wildman–Crippen MR) is 83.3 cm³/mol. The van der Waals surface area contributed by atoms with Crippen LogP contribution in [-0.4, -0.2) is 46.1 Å². The number of rotatable bonds is 2. The van der Waals surface area contributed by atoms with Crippen molar-refractivity contribution >= 4 is 11.2 Å². The molecular formula is C16H23N5. The number of hydrogen-bond acceptors (Lipinski definition) is 4. The second kappa shape index (κ2) is 5.39. The lowest BCUT2D eigenvalue weighted by atomic mass is 9.97. The fourth-order valence-electron chi connectivity index (χ4n) is 3.83. The van der Waals surface area contributed by atoms with Gasteiger partial charge in [-0.1, -0.05) is 0 Å². The quantitative estimate of drug-likeness (QED) is 0.918. The van der Waals surface area contributed by atoms with Gasteiger partial charge in [0.1, 0.15) is 11.3 Å². The van der Waals surface area contributed by atoms with E-state index in [2.05, 4.69) is 32.9 Å². The number of piperidine rings is 1. The highest BCUT2D eigenvalue weighted by atomic mass is 15.3. The molecule has 0 aliphatic carbocycles. The minimum absolute atomic E-state index is 0.426. The molecule has 5 nitrogen and oxygen atoms in total. The summed E-state index contributed by atoms with van der Waals surface area (Å²) in [6.07, 6.45) is 7.14. The average Bonchev–Trinajstić information content (AvgIpc) is 3.11. The zero-order valence-corrected chi connectivity index (χ0v) is 12.6. The van der Waals surface area contributed by atoms with Crippen molar-refractivity contribution < 1.29 is 0 Å². The Hall–Kier alpha value is -1.46. The fourth-order valence-corrected chi connectivity index (χ4v) is 3.83. The number of fused-ring (bicyclic) bond motifs is 1. The maximum atomic E-state index is 4.96. The number of pyridine rings is 1. The lowest BCUT2D eigenvalue weighted by Crippen LogP contribution is -2.30. The first kappa shape index (κ1) is 13.2. The zero-order chi connectivity index (χ0) is 14.2. The Morgan fingerprint density at radius 3 is 2.86 bits per heavy atom. The van der Waals surface area contributed by atoms with Crippen molar-refractivity contribution in [2.45, 2.75) is 37.8 Å². The molecule has 4 rings (SSSR count). The molecule has 0 saturated carbocycles. The molecule has 1 atom stereocenters. The molecule has 112 valence electrons. The van der Waals surface area contributed by atoms with Crippen LogP contribution >= 0.6 is 0 Å². The number of likely N-dealkylation sites (tertiary alicyclic amines) is 1. The molecule has 21 heavy (non-hydrogen) atoms. The van der Waals surface area contributed by atoms with Crippen LogP contribution in [0.15, 0.2) is 18.3 Å². The fraction of sp³-hybridized carbons (Fsp3) is 0.625. The van der Waals surface area contributed by atoms with Gasteiger partial charge in [0.25, 0.3) is 0 Å². The van der Waals surface area contributed by atoms with Gasteiger partial charge in [0.15, 0.2) is 5.65 Å². The minimum Gasteiger partial charge on any atom is -0.317 e. The molecule has 1 N–H and O–H groups in total. The molecule has 0 amide bonds. The molecule has 2 fully saturated rings. The molecule has 2 aromatic heterocycles. The third kappa shape index (κ3) is 2.24. The lowest BCUT2D eigenvalue weighted by molar-refractivity contribution is 0.232. The Morgan fingerprint density at radius 1 is 1.24 bits per heavy atom. The van der Waals surface area contributed by atoms with Crippen LogP contribution in [-0.2, 0) is 0 Å². The second-order valence-electron chi connectivity index (χ2n) is 6.31. The summed E-state index contributed by atoms with van der Waals surface area (Å²) >= 11 is 0. The van der Waals surface area contributed by atoms with Crippen molar-refractivity contribution in [2.24, 2.45) is 0 Å². The first-order valence-electron chi connectivity index (χ1n) is 8.08. The highest BCUT2D eigenvalue weighted by Gasteiger charge is 2.30. The van der Waals surface area contributed by atoms with E-state index >= 15 is 0 Å². The summed E-state index contributed by atoms with van der Waals surface area (Å²) in [5, 5.41) is 3.45. The molecule has 0 radical (unpaired) electrons. The topological polar surface area (TPSA) is 46.0 Å². The Kier molecular flexibility index (Phi) is 3.39. The van der Waals surface area contributed by atoms with Crippen molar-refractivity contribution in [1.82, 2.24) is 24.8 Å². The number of aromatic nitrogens is 3. The van der Waals surface area contributed by atoms with Crippen molar-refractivity contribution in [2.75, 3.05) is 26.7 Å². The van der Waals surface area contributed by atoms with Crippen LogP contribution in [0.4, 0.5) is 0 Å². The Bertz CT molecular complexity index is 629. The van der Waals surface area contributed by atoms with Crippen LogP contribution in [0.1, 0.15) is 43.6 Å². The summed E-state index contributed by atoms with van der Waals surface area (Å²) in [5.74, 6) is 1.82. The normalized spacial score (nSPS) is 24.9. The summed E-state index contributed by atoms with van der Waals surface area (Å²) in [5.41, 5.74) is 2.11. The highest BCUT2D eigenvalue weighted by Crippen LogP contribution is 2.34. The summed E-state index contributed by atoms with van der Waals surface area (Å²) in [4.78, 5) is 12.0. The molecule has 4 heterocycles. The van der Waals surface area contributed by atoms with Crippen molar-refractivity contribution in [1.29, 1.82) is 0 Å². The molecule has 2 aliphatic rings. The van der Waals surface area contributed by atoms with Crippen molar-refractivity contribution in [3.63, 3.8) is 0 Å². The van der Waals surface area contributed by atoms with Gasteiger partial charge in [0.05, 0.1) is 6.17 Å². The van der Waals surface area contributed by atoms with Crippen molar-refractivity contribution in [3.8, 4) is 0 Å².